The SMILES string of the molecule is C=C(C)COc1c(CN2Cc3ccccc3C[C@@H]2C(N)=O)cccc1OC. The summed E-state index contributed by atoms with van der Waals surface area (Å²) in [5.74, 6) is 1.05. The average Bonchev–Trinajstić information content (AvgIpc) is 2.65. The largest absolute Gasteiger partial charge is 0.493 e. The molecule has 5 heteroatoms. The number of nitrogens with zero attached hydrogens (tertiary/aromatic N) is 1. The van der Waals surface area contributed by atoms with Crippen molar-refractivity contribution < 1.29 is 14.3 Å². The fourth-order valence-electron chi connectivity index (χ4n) is 3.45. The highest BCUT2D eigenvalue weighted by Crippen LogP contribution is 2.34. The van der Waals surface area contributed by atoms with E-state index in [0.29, 0.717) is 37.6 Å². The normalized spacial score (nSPS) is 16.4. The fourth-order valence-corrected chi connectivity index (χ4v) is 3.45. The van der Waals surface area contributed by atoms with Crippen molar-refractivity contribution >= 4 is 5.91 Å². The smallest absolute Gasteiger partial charge is 0.235 e. The highest BCUT2D eigenvalue weighted by molar-refractivity contribution is 5.80. The second-order valence-corrected chi connectivity index (χ2v) is 6.99. The lowest BCUT2D eigenvalue weighted by atomic mass is 9.93. The number of benzene rings is 2. The minimum absolute atomic E-state index is 0.309. The van der Waals surface area contributed by atoms with Crippen LogP contribution in [0.1, 0.15) is 23.6 Å². The molecular formula is C22H26N2O3. The summed E-state index contributed by atoms with van der Waals surface area (Å²) in [5, 5.41) is 0. The summed E-state index contributed by atoms with van der Waals surface area (Å²) in [6, 6.07) is 13.6. The third-order valence-corrected chi connectivity index (χ3v) is 4.79. The second kappa shape index (κ2) is 8.27. The zero-order valence-corrected chi connectivity index (χ0v) is 15.9. The molecule has 0 spiro atoms. The minimum atomic E-state index is -0.347. The maximum Gasteiger partial charge on any atom is 0.235 e. The van der Waals surface area contributed by atoms with Crippen LogP contribution in [0, 0.1) is 0 Å². The van der Waals surface area contributed by atoms with Gasteiger partial charge in [0.15, 0.2) is 11.5 Å². The van der Waals surface area contributed by atoms with Gasteiger partial charge < -0.3 is 15.2 Å². The van der Waals surface area contributed by atoms with Crippen molar-refractivity contribution in [3.63, 3.8) is 0 Å². The first-order valence-electron chi connectivity index (χ1n) is 9.02. The minimum Gasteiger partial charge on any atom is -0.493 e. The van der Waals surface area contributed by atoms with Gasteiger partial charge in [-0.05, 0) is 36.1 Å². The molecule has 3 rings (SSSR count). The second-order valence-electron chi connectivity index (χ2n) is 6.99. The van der Waals surface area contributed by atoms with Crippen LogP contribution in [0.3, 0.4) is 0 Å². The first kappa shape index (κ1) is 19.0. The van der Waals surface area contributed by atoms with Gasteiger partial charge in [0.25, 0.3) is 0 Å². The van der Waals surface area contributed by atoms with E-state index in [1.54, 1.807) is 7.11 Å². The van der Waals surface area contributed by atoms with E-state index >= 15 is 0 Å². The molecule has 0 unspecified atom stereocenters. The van der Waals surface area contributed by atoms with Crippen LogP contribution in [0.2, 0.25) is 0 Å². The summed E-state index contributed by atoms with van der Waals surface area (Å²) in [6.07, 6.45) is 0.622. The number of para-hydroxylation sites is 1. The van der Waals surface area contributed by atoms with E-state index in [0.717, 1.165) is 11.1 Å². The molecule has 142 valence electrons. The Morgan fingerprint density at radius 1 is 1.22 bits per heavy atom. The van der Waals surface area contributed by atoms with Crippen molar-refractivity contribution in [1.29, 1.82) is 0 Å². The molecule has 1 heterocycles. The number of hydrogen-bond acceptors (Lipinski definition) is 4. The molecule has 0 aliphatic carbocycles. The number of rotatable bonds is 7. The van der Waals surface area contributed by atoms with Gasteiger partial charge in [-0.2, -0.15) is 0 Å². The van der Waals surface area contributed by atoms with Crippen LogP contribution in [-0.4, -0.2) is 30.6 Å². The third-order valence-electron chi connectivity index (χ3n) is 4.79. The molecule has 0 saturated heterocycles. The summed E-state index contributed by atoms with van der Waals surface area (Å²) in [6.45, 7) is 7.44. The van der Waals surface area contributed by atoms with Crippen molar-refractivity contribution in [2.45, 2.75) is 32.5 Å². The Morgan fingerprint density at radius 2 is 1.96 bits per heavy atom. The lowest BCUT2D eigenvalue weighted by Gasteiger charge is -2.35. The number of methoxy groups -OCH3 is 1. The van der Waals surface area contributed by atoms with Crippen LogP contribution in [0.15, 0.2) is 54.6 Å². The molecule has 0 saturated carbocycles. The van der Waals surface area contributed by atoms with Crippen LogP contribution in [0.25, 0.3) is 0 Å². The molecule has 0 radical (unpaired) electrons. The van der Waals surface area contributed by atoms with Crippen LogP contribution < -0.4 is 15.2 Å². The van der Waals surface area contributed by atoms with Gasteiger partial charge in [-0.3, -0.25) is 9.69 Å². The molecule has 0 fully saturated rings. The van der Waals surface area contributed by atoms with E-state index in [4.69, 9.17) is 15.2 Å². The Balaban J connectivity index is 1.91. The van der Waals surface area contributed by atoms with Gasteiger partial charge in [0.2, 0.25) is 5.91 Å². The van der Waals surface area contributed by atoms with E-state index in [1.165, 1.54) is 11.1 Å². The Bertz CT molecular complexity index is 847. The van der Waals surface area contributed by atoms with Crippen molar-refractivity contribution in [1.82, 2.24) is 4.90 Å². The Morgan fingerprint density at radius 3 is 2.63 bits per heavy atom. The predicted octanol–water partition coefficient (Wildman–Crippen LogP) is 3.06. The third kappa shape index (κ3) is 4.31. The van der Waals surface area contributed by atoms with Gasteiger partial charge in [-0.15, -0.1) is 0 Å². The van der Waals surface area contributed by atoms with Gasteiger partial charge in [0, 0.05) is 18.7 Å². The number of hydrogen-bond donors (Lipinski definition) is 1. The highest BCUT2D eigenvalue weighted by Gasteiger charge is 2.30. The van der Waals surface area contributed by atoms with Crippen molar-refractivity contribution in [3.8, 4) is 11.5 Å². The van der Waals surface area contributed by atoms with Crippen molar-refractivity contribution in [2.24, 2.45) is 5.73 Å². The average molecular weight is 366 g/mol. The van der Waals surface area contributed by atoms with E-state index in [-0.39, 0.29) is 11.9 Å². The Labute approximate surface area is 160 Å². The maximum absolute atomic E-state index is 12.1. The lowest BCUT2D eigenvalue weighted by molar-refractivity contribution is -0.124. The van der Waals surface area contributed by atoms with Gasteiger partial charge >= 0.3 is 0 Å². The number of carbonyl (C=O) groups is 1. The molecule has 2 aromatic rings. The molecule has 27 heavy (non-hydrogen) atoms. The van der Waals surface area contributed by atoms with Gasteiger partial charge in [0.05, 0.1) is 13.2 Å². The van der Waals surface area contributed by atoms with E-state index < -0.39 is 0 Å². The summed E-state index contributed by atoms with van der Waals surface area (Å²) >= 11 is 0. The van der Waals surface area contributed by atoms with Crippen LogP contribution in [-0.2, 0) is 24.3 Å². The zero-order valence-electron chi connectivity index (χ0n) is 15.9. The molecule has 0 aromatic heterocycles. The van der Waals surface area contributed by atoms with Gasteiger partial charge in [0.1, 0.15) is 6.61 Å². The maximum atomic E-state index is 12.1. The monoisotopic (exact) mass is 366 g/mol. The topological polar surface area (TPSA) is 64.8 Å². The first-order valence-corrected chi connectivity index (χ1v) is 9.02. The number of nitrogens with two attached hydrogens (primary N) is 1. The summed E-state index contributed by atoms with van der Waals surface area (Å²) in [4.78, 5) is 14.2. The van der Waals surface area contributed by atoms with Gasteiger partial charge in [-0.25, -0.2) is 0 Å². The van der Waals surface area contributed by atoms with E-state index in [9.17, 15) is 4.79 Å². The molecule has 0 bridgehead atoms. The molecule has 1 amide bonds. The molecule has 2 aromatic carbocycles. The Hall–Kier alpha value is -2.79. The van der Waals surface area contributed by atoms with Crippen LogP contribution >= 0.6 is 0 Å². The number of ether oxygens (including phenoxy) is 2. The van der Waals surface area contributed by atoms with Crippen molar-refractivity contribution in [2.75, 3.05) is 13.7 Å². The lowest BCUT2D eigenvalue weighted by Crippen LogP contribution is -2.48. The molecule has 2 N–H and O–H groups in total. The summed E-state index contributed by atoms with van der Waals surface area (Å²) in [5.41, 5.74) is 10.0. The highest BCUT2D eigenvalue weighted by atomic mass is 16.5. The molecular weight excluding hydrogens is 340 g/mol. The van der Waals surface area contributed by atoms with Crippen LogP contribution in [0.5, 0.6) is 11.5 Å². The van der Waals surface area contributed by atoms with Crippen LogP contribution in [0.4, 0.5) is 0 Å². The Kier molecular flexibility index (Phi) is 5.81. The van der Waals surface area contributed by atoms with Crippen molar-refractivity contribution in [3.05, 3.63) is 71.3 Å². The number of primary amides is 1. The number of fused-ring (bicyclic) bond motifs is 1. The molecule has 5 nitrogen and oxygen atoms in total. The van der Waals surface area contributed by atoms with E-state index in [1.807, 2.05) is 37.3 Å². The molecule has 1 aliphatic rings. The molecule has 1 aliphatic heterocycles. The number of carbonyl (C=O) groups excluding carboxylic acids is 1. The predicted molar refractivity (Wildman–Crippen MR) is 106 cm³/mol. The standard InChI is InChI=1S/C22H26N2O3/c1-15(2)14-27-21-18(9-6-10-20(21)26-3)13-24-12-17-8-5-4-7-16(17)11-19(24)22(23)25/h4-10,19H,1,11-14H2,2-3H3,(H2,23,25)/t19-/m1/s1. The number of amides is 1. The summed E-state index contributed by atoms with van der Waals surface area (Å²) in [7, 11) is 1.62. The quantitative estimate of drug-likeness (QED) is 0.765. The zero-order chi connectivity index (χ0) is 19.4. The van der Waals surface area contributed by atoms with Gasteiger partial charge in [-0.1, -0.05) is 43.0 Å². The fraction of sp³-hybridized carbons (Fsp3) is 0.318. The first-order chi connectivity index (χ1) is 13.0. The summed E-state index contributed by atoms with van der Waals surface area (Å²) < 4.78 is 11.4. The van der Waals surface area contributed by atoms with E-state index in [2.05, 4.69) is 23.6 Å². The molecule has 1 atom stereocenters.